The van der Waals surface area contributed by atoms with E-state index >= 15 is 0 Å². The summed E-state index contributed by atoms with van der Waals surface area (Å²) in [4.78, 5) is 17.2. The van der Waals surface area contributed by atoms with Gasteiger partial charge in [0.25, 0.3) is 0 Å². The average molecular weight is 301 g/mol. The number of para-hydroxylation sites is 1. The molecule has 110 valence electrons. The molecule has 1 aromatic carbocycles. The molecule has 21 heavy (non-hydrogen) atoms. The summed E-state index contributed by atoms with van der Waals surface area (Å²) in [7, 11) is 0. The fourth-order valence-corrected chi connectivity index (χ4v) is 5.20. The molecule has 2 aliphatic rings. The quantitative estimate of drug-likeness (QED) is 0.876. The van der Waals surface area contributed by atoms with Crippen molar-refractivity contribution in [2.24, 2.45) is 11.8 Å². The number of carbonyl (C=O) groups excluding carboxylic acids is 1. The molecule has 2 aromatic rings. The van der Waals surface area contributed by atoms with Crippen molar-refractivity contribution >= 4 is 27.3 Å². The standard InChI is InChI=1S/C17H19NO2S/c19-13-9-10-5-1-2-6-11(10)16(20)15(13)17-18-12-7-3-4-8-14(12)21-17/h3-4,7-8,10-11,15-16,20H,1-2,5-6,9H2. The van der Waals surface area contributed by atoms with Crippen molar-refractivity contribution in [1.29, 1.82) is 0 Å². The van der Waals surface area contributed by atoms with Crippen molar-refractivity contribution in [3.8, 4) is 0 Å². The predicted molar refractivity (Wildman–Crippen MR) is 83.4 cm³/mol. The van der Waals surface area contributed by atoms with Gasteiger partial charge in [-0.15, -0.1) is 11.3 Å². The number of rotatable bonds is 1. The van der Waals surface area contributed by atoms with Crippen LogP contribution in [0.3, 0.4) is 0 Å². The van der Waals surface area contributed by atoms with E-state index in [1.54, 1.807) is 11.3 Å². The molecule has 2 saturated carbocycles. The lowest BCUT2D eigenvalue weighted by Crippen LogP contribution is -2.44. The van der Waals surface area contributed by atoms with Crippen LogP contribution in [0, 0.1) is 11.8 Å². The van der Waals surface area contributed by atoms with Crippen LogP contribution in [0.2, 0.25) is 0 Å². The zero-order chi connectivity index (χ0) is 14.4. The van der Waals surface area contributed by atoms with Crippen LogP contribution in [0.25, 0.3) is 10.2 Å². The summed E-state index contributed by atoms with van der Waals surface area (Å²) in [6.45, 7) is 0. The van der Waals surface area contributed by atoms with Gasteiger partial charge in [-0.2, -0.15) is 0 Å². The molecule has 2 aliphatic carbocycles. The summed E-state index contributed by atoms with van der Waals surface area (Å²) in [6, 6.07) is 7.95. The summed E-state index contributed by atoms with van der Waals surface area (Å²) in [5.74, 6) is 0.465. The summed E-state index contributed by atoms with van der Waals surface area (Å²) in [5.41, 5.74) is 0.934. The van der Waals surface area contributed by atoms with Gasteiger partial charge in [-0.1, -0.05) is 25.0 Å². The lowest BCUT2D eigenvalue weighted by Gasteiger charge is -2.41. The number of thiazole rings is 1. The fourth-order valence-electron chi connectivity index (χ4n) is 4.07. The maximum atomic E-state index is 12.5. The van der Waals surface area contributed by atoms with E-state index in [-0.39, 0.29) is 11.7 Å². The number of aliphatic hydroxyl groups is 1. The second kappa shape index (κ2) is 5.18. The van der Waals surface area contributed by atoms with Crippen molar-refractivity contribution in [1.82, 2.24) is 4.98 Å². The van der Waals surface area contributed by atoms with E-state index in [0.717, 1.165) is 28.1 Å². The van der Waals surface area contributed by atoms with Crippen LogP contribution in [0.15, 0.2) is 24.3 Å². The normalized spacial score (nSPS) is 33.1. The first-order chi connectivity index (χ1) is 10.2. The Kier molecular flexibility index (Phi) is 3.31. The Labute approximate surface area is 128 Å². The Hall–Kier alpha value is -1.26. The SMILES string of the molecule is O=C1CC2CCCCC2C(O)C1c1nc2ccccc2s1. The third kappa shape index (κ3) is 2.21. The Morgan fingerprint density at radius 3 is 2.86 bits per heavy atom. The molecule has 2 fully saturated rings. The second-order valence-electron chi connectivity index (χ2n) is 6.37. The molecule has 4 atom stereocenters. The molecule has 4 rings (SSSR count). The second-order valence-corrected chi connectivity index (χ2v) is 7.43. The maximum Gasteiger partial charge on any atom is 0.145 e. The molecule has 1 aromatic heterocycles. The van der Waals surface area contributed by atoms with Gasteiger partial charge >= 0.3 is 0 Å². The molecule has 0 amide bonds. The van der Waals surface area contributed by atoms with E-state index in [1.165, 1.54) is 12.8 Å². The lowest BCUT2D eigenvalue weighted by molar-refractivity contribution is -0.132. The van der Waals surface area contributed by atoms with Gasteiger partial charge in [0.2, 0.25) is 0 Å². The molecule has 4 heteroatoms. The van der Waals surface area contributed by atoms with Crippen LogP contribution in [0.5, 0.6) is 0 Å². The smallest absolute Gasteiger partial charge is 0.145 e. The van der Waals surface area contributed by atoms with Gasteiger partial charge in [0.1, 0.15) is 10.8 Å². The van der Waals surface area contributed by atoms with Crippen molar-refractivity contribution in [2.75, 3.05) is 0 Å². The van der Waals surface area contributed by atoms with Crippen LogP contribution in [0.1, 0.15) is 43.0 Å². The van der Waals surface area contributed by atoms with E-state index in [1.807, 2.05) is 24.3 Å². The van der Waals surface area contributed by atoms with Crippen LogP contribution in [-0.4, -0.2) is 22.0 Å². The number of aliphatic hydroxyl groups excluding tert-OH is 1. The topological polar surface area (TPSA) is 50.2 Å². The number of hydrogen-bond acceptors (Lipinski definition) is 4. The molecule has 1 heterocycles. The molecular weight excluding hydrogens is 282 g/mol. The van der Waals surface area contributed by atoms with Crippen molar-refractivity contribution in [3.63, 3.8) is 0 Å². The third-order valence-corrected chi connectivity index (χ3v) is 6.25. The molecule has 3 nitrogen and oxygen atoms in total. The van der Waals surface area contributed by atoms with Gasteiger partial charge < -0.3 is 5.11 Å². The number of hydrogen-bond donors (Lipinski definition) is 1. The Balaban J connectivity index is 1.71. The first-order valence-electron chi connectivity index (χ1n) is 7.80. The molecule has 0 spiro atoms. The van der Waals surface area contributed by atoms with Gasteiger partial charge in [0, 0.05) is 6.42 Å². The van der Waals surface area contributed by atoms with E-state index in [2.05, 4.69) is 4.98 Å². The van der Waals surface area contributed by atoms with Crippen LogP contribution in [-0.2, 0) is 4.79 Å². The van der Waals surface area contributed by atoms with E-state index in [9.17, 15) is 9.90 Å². The molecule has 0 saturated heterocycles. The lowest BCUT2D eigenvalue weighted by atomic mass is 9.65. The Morgan fingerprint density at radius 1 is 1.19 bits per heavy atom. The number of ketones is 1. The largest absolute Gasteiger partial charge is 0.392 e. The highest BCUT2D eigenvalue weighted by Gasteiger charge is 2.45. The van der Waals surface area contributed by atoms with Gasteiger partial charge in [-0.3, -0.25) is 4.79 Å². The van der Waals surface area contributed by atoms with Gasteiger partial charge in [0.05, 0.1) is 22.2 Å². The van der Waals surface area contributed by atoms with E-state index < -0.39 is 12.0 Å². The zero-order valence-electron chi connectivity index (χ0n) is 11.9. The maximum absolute atomic E-state index is 12.5. The first-order valence-corrected chi connectivity index (χ1v) is 8.62. The number of benzene rings is 1. The van der Waals surface area contributed by atoms with Gasteiger partial charge in [-0.25, -0.2) is 4.98 Å². The highest BCUT2D eigenvalue weighted by molar-refractivity contribution is 7.18. The van der Waals surface area contributed by atoms with Crippen LogP contribution >= 0.6 is 11.3 Å². The Bertz CT molecular complexity index is 647. The summed E-state index contributed by atoms with van der Waals surface area (Å²) in [5, 5.41) is 11.6. The number of nitrogens with zero attached hydrogens (tertiary/aromatic N) is 1. The molecule has 1 N–H and O–H groups in total. The predicted octanol–water partition coefficient (Wildman–Crippen LogP) is 3.52. The summed E-state index contributed by atoms with van der Waals surface area (Å²) in [6.07, 6.45) is 4.62. The number of Topliss-reactive ketones (excluding diaryl/α,β-unsaturated/α-hetero) is 1. The first kappa shape index (κ1) is 13.4. The van der Waals surface area contributed by atoms with Crippen LogP contribution in [0.4, 0.5) is 0 Å². The van der Waals surface area contributed by atoms with E-state index in [4.69, 9.17) is 0 Å². The minimum atomic E-state index is -0.544. The monoisotopic (exact) mass is 301 g/mol. The number of aromatic nitrogens is 1. The molecule has 0 bridgehead atoms. The van der Waals surface area contributed by atoms with Crippen molar-refractivity contribution in [2.45, 2.75) is 44.1 Å². The van der Waals surface area contributed by atoms with E-state index in [0.29, 0.717) is 12.3 Å². The zero-order valence-corrected chi connectivity index (χ0v) is 12.7. The summed E-state index contributed by atoms with van der Waals surface area (Å²) >= 11 is 1.56. The Morgan fingerprint density at radius 2 is 2.00 bits per heavy atom. The van der Waals surface area contributed by atoms with Gasteiger partial charge in [0.15, 0.2) is 0 Å². The average Bonchev–Trinajstić information content (AvgIpc) is 2.90. The van der Waals surface area contributed by atoms with Crippen molar-refractivity contribution < 1.29 is 9.90 Å². The number of fused-ring (bicyclic) bond motifs is 2. The minimum Gasteiger partial charge on any atom is -0.392 e. The molecule has 0 aliphatic heterocycles. The molecular formula is C17H19NO2S. The van der Waals surface area contributed by atoms with Gasteiger partial charge in [-0.05, 0) is 36.8 Å². The minimum absolute atomic E-state index is 0.185. The molecule has 4 unspecified atom stereocenters. The number of carbonyl (C=O) groups is 1. The highest BCUT2D eigenvalue weighted by Crippen LogP contribution is 2.45. The summed E-state index contributed by atoms with van der Waals surface area (Å²) < 4.78 is 1.10. The van der Waals surface area contributed by atoms with Crippen molar-refractivity contribution in [3.05, 3.63) is 29.3 Å². The fraction of sp³-hybridized carbons (Fsp3) is 0.529. The van der Waals surface area contributed by atoms with Crippen LogP contribution < -0.4 is 0 Å². The third-order valence-electron chi connectivity index (χ3n) is 5.13. The highest BCUT2D eigenvalue weighted by atomic mass is 32.1. The molecule has 0 radical (unpaired) electrons.